The molecule has 3 aromatic rings. The molecule has 2 aromatic heterocycles. The first-order valence-corrected chi connectivity index (χ1v) is 10.3. The van der Waals surface area contributed by atoms with Gasteiger partial charge in [-0.2, -0.15) is 0 Å². The maximum Gasteiger partial charge on any atom is 0.228 e. The number of carbonyl (C=O) groups excluding carboxylic acids is 1. The van der Waals surface area contributed by atoms with Gasteiger partial charge >= 0.3 is 0 Å². The Balaban J connectivity index is 1.43. The Bertz CT molecular complexity index is 1050. The molecule has 158 valence electrons. The summed E-state index contributed by atoms with van der Waals surface area (Å²) >= 11 is 0. The van der Waals surface area contributed by atoms with E-state index in [0.717, 1.165) is 48.0 Å². The molecule has 1 aliphatic heterocycles. The van der Waals surface area contributed by atoms with Crippen molar-refractivity contribution in [3.8, 4) is 11.3 Å². The Morgan fingerprint density at radius 2 is 1.97 bits per heavy atom. The van der Waals surface area contributed by atoms with E-state index in [0.29, 0.717) is 12.4 Å². The summed E-state index contributed by atoms with van der Waals surface area (Å²) in [6.45, 7) is 5.06. The van der Waals surface area contributed by atoms with Crippen LogP contribution in [0.25, 0.3) is 22.0 Å². The Morgan fingerprint density at radius 1 is 1.20 bits per heavy atom. The molecule has 0 atom stereocenters. The average Bonchev–Trinajstić information content (AvgIpc) is 3.12. The molecule has 0 spiro atoms. The quantitative estimate of drug-likeness (QED) is 0.697. The molecule has 0 bridgehead atoms. The van der Waals surface area contributed by atoms with Crippen LogP contribution in [-0.4, -0.2) is 56.1 Å². The third-order valence-electron chi connectivity index (χ3n) is 5.54. The van der Waals surface area contributed by atoms with E-state index in [4.69, 9.17) is 0 Å². The van der Waals surface area contributed by atoms with Crippen molar-refractivity contribution in [3.05, 3.63) is 36.7 Å². The van der Waals surface area contributed by atoms with Crippen LogP contribution in [0.5, 0.6) is 0 Å². The lowest BCUT2D eigenvalue weighted by molar-refractivity contribution is -0.121. The molecule has 1 aliphatic rings. The van der Waals surface area contributed by atoms with Crippen LogP contribution in [0.4, 0.5) is 10.2 Å². The molecule has 4 rings (SSSR count). The number of pyridine rings is 1. The molecule has 1 N–H and O–H groups in total. The predicted octanol–water partition coefficient (Wildman–Crippen LogP) is 3.43. The maximum absolute atomic E-state index is 13.8. The van der Waals surface area contributed by atoms with E-state index in [2.05, 4.69) is 25.5 Å². The van der Waals surface area contributed by atoms with Crippen molar-refractivity contribution in [1.29, 1.82) is 0 Å². The number of rotatable bonds is 5. The van der Waals surface area contributed by atoms with Gasteiger partial charge in [-0.15, -0.1) is 5.10 Å². The highest BCUT2D eigenvalue weighted by Gasteiger charge is 2.28. The molecule has 8 heteroatoms. The van der Waals surface area contributed by atoms with E-state index in [1.807, 2.05) is 31.3 Å². The summed E-state index contributed by atoms with van der Waals surface area (Å²) in [5, 5.41) is 12.9. The molecular weight excluding hydrogens is 383 g/mol. The van der Waals surface area contributed by atoms with Gasteiger partial charge < -0.3 is 10.2 Å². The third-order valence-corrected chi connectivity index (χ3v) is 5.54. The maximum atomic E-state index is 13.8. The molecular formula is C22H27FN6O. The van der Waals surface area contributed by atoms with Gasteiger partial charge in [0, 0.05) is 36.7 Å². The number of benzene rings is 1. The van der Waals surface area contributed by atoms with Crippen LogP contribution < -0.4 is 5.32 Å². The van der Waals surface area contributed by atoms with Crippen LogP contribution >= 0.6 is 0 Å². The van der Waals surface area contributed by atoms with E-state index in [-0.39, 0.29) is 11.8 Å². The topological polar surface area (TPSA) is 75.9 Å². The molecule has 0 radical (unpaired) electrons. The monoisotopic (exact) mass is 410 g/mol. The van der Waals surface area contributed by atoms with Gasteiger partial charge in [0.2, 0.25) is 5.91 Å². The molecule has 0 aliphatic carbocycles. The summed E-state index contributed by atoms with van der Waals surface area (Å²) in [6, 6.07) is 7.94. The largest absolute Gasteiger partial charge is 0.310 e. The first-order chi connectivity index (χ1) is 14.3. The number of likely N-dealkylation sites (tertiary alicyclic amines) is 1. The normalized spacial score (nSPS) is 16.1. The van der Waals surface area contributed by atoms with Crippen molar-refractivity contribution in [2.75, 3.05) is 25.0 Å². The van der Waals surface area contributed by atoms with Crippen LogP contribution in [0.2, 0.25) is 0 Å². The number of nitrogens with one attached hydrogen (secondary N) is 1. The van der Waals surface area contributed by atoms with E-state index in [1.54, 1.807) is 30.9 Å². The highest BCUT2D eigenvalue weighted by atomic mass is 19.1. The van der Waals surface area contributed by atoms with Gasteiger partial charge in [-0.05, 0) is 57.3 Å². The summed E-state index contributed by atoms with van der Waals surface area (Å²) in [5.41, 5.74) is 0.707. The number of aryl methyl sites for hydroxylation is 1. The SMILES string of the molecule is Cn1nncc1-c1ccc2cnc(NC(=O)C3CCN(CC(C)(C)F)CC3)cc2c1. The van der Waals surface area contributed by atoms with Crippen LogP contribution in [0.15, 0.2) is 36.7 Å². The van der Waals surface area contributed by atoms with Crippen LogP contribution in [0.3, 0.4) is 0 Å². The van der Waals surface area contributed by atoms with Crippen molar-refractivity contribution in [2.45, 2.75) is 32.4 Å². The number of hydrogen-bond donors (Lipinski definition) is 1. The van der Waals surface area contributed by atoms with Gasteiger partial charge in [0.1, 0.15) is 11.5 Å². The van der Waals surface area contributed by atoms with Crippen molar-refractivity contribution in [3.63, 3.8) is 0 Å². The van der Waals surface area contributed by atoms with E-state index < -0.39 is 5.67 Å². The Hall–Kier alpha value is -2.87. The minimum Gasteiger partial charge on any atom is -0.310 e. The zero-order valence-electron chi connectivity index (χ0n) is 17.6. The fraction of sp³-hybridized carbons (Fsp3) is 0.455. The van der Waals surface area contributed by atoms with Crippen LogP contribution in [0, 0.1) is 5.92 Å². The number of hydrogen-bond acceptors (Lipinski definition) is 5. The number of aromatic nitrogens is 4. The highest BCUT2D eigenvalue weighted by Crippen LogP contribution is 2.26. The molecule has 0 saturated carbocycles. The van der Waals surface area contributed by atoms with E-state index >= 15 is 0 Å². The molecule has 1 fully saturated rings. The van der Waals surface area contributed by atoms with E-state index in [1.165, 1.54) is 0 Å². The lowest BCUT2D eigenvalue weighted by atomic mass is 9.95. The summed E-state index contributed by atoms with van der Waals surface area (Å²) in [6.07, 6.45) is 4.95. The number of piperidine rings is 1. The molecule has 1 saturated heterocycles. The molecule has 30 heavy (non-hydrogen) atoms. The Labute approximate surface area is 175 Å². The fourth-order valence-electron chi connectivity index (χ4n) is 4.03. The average molecular weight is 410 g/mol. The minimum atomic E-state index is -1.21. The second-order valence-corrected chi connectivity index (χ2v) is 8.63. The molecule has 1 amide bonds. The minimum absolute atomic E-state index is 0.0204. The standard InChI is InChI=1S/C22H27FN6O/c1-22(2,23)14-29-8-6-15(7-9-29)21(30)26-20-11-18-10-16(4-5-17(18)12-24-20)19-13-25-27-28(19)3/h4-5,10-13,15H,6-9,14H2,1-3H3,(H,24,26,30). The van der Waals surface area contributed by atoms with Crippen LogP contribution in [0.1, 0.15) is 26.7 Å². The van der Waals surface area contributed by atoms with E-state index in [9.17, 15) is 9.18 Å². The molecule has 1 aromatic carbocycles. The number of carbonyl (C=O) groups is 1. The lowest BCUT2D eigenvalue weighted by Gasteiger charge is -2.33. The van der Waals surface area contributed by atoms with Gasteiger partial charge in [0.25, 0.3) is 0 Å². The smallest absolute Gasteiger partial charge is 0.228 e. The number of alkyl halides is 1. The second-order valence-electron chi connectivity index (χ2n) is 8.63. The molecule has 3 heterocycles. The number of nitrogens with zero attached hydrogens (tertiary/aromatic N) is 5. The summed E-state index contributed by atoms with van der Waals surface area (Å²) < 4.78 is 15.6. The molecule has 7 nitrogen and oxygen atoms in total. The third kappa shape index (κ3) is 4.64. The van der Waals surface area contributed by atoms with Gasteiger partial charge in [-0.25, -0.2) is 14.1 Å². The van der Waals surface area contributed by atoms with Gasteiger partial charge in [-0.1, -0.05) is 17.3 Å². The Morgan fingerprint density at radius 3 is 2.63 bits per heavy atom. The Kier molecular flexibility index (Phi) is 5.51. The zero-order chi connectivity index (χ0) is 21.3. The van der Waals surface area contributed by atoms with Gasteiger partial charge in [0.15, 0.2) is 0 Å². The zero-order valence-corrected chi connectivity index (χ0v) is 17.6. The second kappa shape index (κ2) is 8.10. The number of amides is 1. The summed E-state index contributed by atoms with van der Waals surface area (Å²) in [7, 11) is 1.85. The fourth-order valence-corrected chi connectivity index (χ4v) is 4.03. The number of halogens is 1. The summed E-state index contributed by atoms with van der Waals surface area (Å²) in [5.74, 6) is 0.446. The van der Waals surface area contributed by atoms with Crippen molar-refractivity contribution >= 4 is 22.5 Å². The first-order valence-electron chi connectivity index (χ1n) is 10.3. The first kappa shape index (κ1) is 20.4. The van der Waals surface area contributed by atoms with Crippen LogP contribution in [-0.2, 0) is 11.8 Å². The number of fused-ring (bicyclic) bond motifs is 1. The lowest BCUT2D eigenvalue weighted by Crippen LogP contribution is -2.43. The highest BCUT2D eigenvalue weighted by molar-refractivity contribution is 5.95. The van der Waals surface area contributed by atoms with Crippen molar-refractivity contribution in [2.24, 2.45) is 13.0 Å². The predicted molar refractivity (Wildman–Crippen MR) is 115 cm³/mol. The van der Waals surface area contributed by atoms with Gasteiger partial charge in [0.05, 0.1) is 11.9 Å². The van der Waals surface area contributed by atoms with Gasteiger partial charge in [-0.3, -0.25) is 4.79 Å². The summed E-state index contributed by atoms with van der Waals surface area (Å²) in [4.78, 5) is 19.2. The van der Waals surface area contributed by atoms with Crippen molar-refractivity contribution < 1.29 is 9.18 Å². The molecule has 0 unspecified atom stereocenters. The number of anilines is 1. The van der Waals surface area contributed by atoms with Crippen molar-refractivity contribution in [1.82, 2.24) is 24.9 Å².